The minimum absolute atomic E-state index is 0.510. The van der Waals surface area contributed by atoms with E-state index in [4.69, 9.17) is 5.11 Å². The Morgan fingerprint density at radius 1 is 1.69 bits per heavy atom. The predicted octanol–water partition coefficient (Wildman–Crippen LogP) is 0.744. The van der Waals surface area contributed by atoms with E-state index in [2.05, 4.69) is 16.4 Å². The minimum Gasteiger partial charge on any atom is -0.438 e. The van der Waals surface area contributed by atoms with Gasteiger partial charge >= 0.3 is 6.16 Å². The molecule has 0 spiro atoms. The van der Waals surface area contributed by atoms with Crippen molar-refractivity contribution in [1.29, 1.82) is 0 Å². The van der Waals surface area contributed by atoms with E-state index in [9.17, 15) is 9.18 Å². The van der Waals surface area contributed by atoms with Crippen molar-refractivity contribution in [1.82, 2.24) is 0 Å². The number of ether oxygens (including phenoxy) is 2. The summed E-state index contributed by atoms with van der Waals surface area (Å²) in [6.07, 6.45) is -3.60. The normalized spacial score (nSPS) is 38.8. The first-order valence-electron chi connectivity index (χ1n) is 3.61. The van der Waals surface area contributed by atoms with Gasteiger partial charge in [0.25, 0.3) is 0 Å². The third-order valence-electron chi connectivity index (χ3n) is 1.67. The number of aliphatic hydroxyl groups is 1. The lowest BCUT2D eigenvalue weighted by Crippen LogP contribution is -2.33. The fourth-order valence-electron chi connectivity index (χ4n) is 0.999. The van der Waals surface area contributed by atoms with Crippen LogP contribution in [0.25, 0.3) is 0 Å². The number of halogens is 1. The van der Waals surface area contributed by atoms with Crippen molar-refractivity contribution >= 4 is 17.9 Å². The summed E-state index contributed by atoms with van der Waals surface area (Å²) in [5, 5.41) is 8.53. The maximum atomic E-state index is 13.1. The average molecular weight is 209 g/mol. The van der Waals surface area contributed by atoms with Crippen LogP contribution in [0.2, 0.25) is 0 Å². The van der Waals surface area contributed by atoms with Crippen molar-refractivity contribution in [3.8, 4) is 0 Å². The van der Waals surface area contributed by atoms with Gasteiger partial charge < -0.3 is 14.6 Å². The lowest BCUT2D eigenvalue weighted by Gasteiger charge is -2.16. The highest BCUT2D eigenvalue weighted by atomic mass is 32.2. The van der Waals surface area contributed by atoms with Gasteiger partial charge in [-0.25, -0.2) is 9.18 Å². The van der Waals surface area contributed by atoms with E-state index in [0.717, 1.165) is 18.9 Å². The molecule has 4 nitrogen and oxygen atoms in total. The number of alkyl halides is 1. The fraction of sp³-hybridized carbons (Fsp3) is 0.714. The molecule has 1 fully saturated rings. The van der Waals surface area contributed by atoms with Gasteiger partial charge in [-0.1, -0.05) is 0 Å². The highest BCUT2D eigenvalue weighted by Gasteiger charge is 2.44. The van der Waals surface area contributed by atoms with Crippen molar-refractivity contribution in [3.05, 3.63) is 6.92 Å². The predicted molar refractivity (Wildman–Crippen MR) is 44.9 cm³/mol. The van der Waals surface area contributed by atoms with Crippen LogP contribution in [0.3, 0.4) is 0 Å². The summed E-state index contributed by atoms with van der Waals surface area (Å²) >= 11 is 0.926. The third-order valence-corrected chi connectivity index (χ3v) is 2.82. The molecule has 1 unspecified atom stereocenters. The van der Waals surface area contributed by atoms with Crippen molar-refractivity contribution < 1.29 is 23.8 Å². The number of aliphatic hydroxyl groups excluding tert-OH is 1. The number of carbonyl (C=O) groups is 1. The molecule has 1 saturated heterocycles. The zero-order chi connectivity index (χ0) is 10.0. The van der Waals surface area contributed by atoms with Crippen LogP contribution in [0.5, 0.6) is 0 Å². The third kappa shape index (κ3) is 2.25. The van der Waals surface area contributed by atoms with Crippen LogP contribution in [0.1, 0.15) is 0 Å². The Morgan fingerprint density at radius 2 is 2.31 bits per heavy atom. The quantitative estimate of drug-likeness (QED) is 0.646. The maximum absolute atomic E-state index is 13.1. The lowest BCUT2D eigenvalue weighted by atomic mass is 10.2. The maximum Gasteiger partial charge on any atom is 0.508 e. The Morgan fingerprint density at radius 3 is 2.69 bits per heavy atom. The summed E-state index contributed by atoms with van der Waals surface area (Å²) in [6.45, 7) is 3.54. The van der Waals surface area contributed by atoms with Gasteiger partial charge in [-0.05, 0) is 6.92 Å². The van der Waals surface area contributed by atoms with E-state index in [1.54, 1.807) is 0 Å². The lowest BCUT2D eigenvalue weighted by molar-refractivity contribution is -0.00646. The van der Waals surface area contributed by atoms with Crippen molar-refractivity contribution in [2.45, 2.75) is 23.0 Å². The fourth-order valence-corrected chi connectivity index (χ4v) is 2.02. The van der Waals surface area contributed by atoms with Gasteiger partial charge in [0.1, 0.15) is 5.44 Å². The Kier molecular flexibility index (Phi) is 3.38. The van der Waals surface area contributed by atoms with Crippen LogP contribution in [-0.2, 0) is 9.47 Å². The van der Waals surface area contributed by atoms with E-state index in [-0.39, 0.29) is 0 Å². The zero-order valence-corrected chi connectivity index (χ0v) is 7.79. The zero-order valence-electron chi connectivity index (χ0n) is 6.97. The van der Waals surface area contributed by atoms with Gasteiger partial charge in [0, 0.05) is 5.25 Å². The van der Waals surface area contributed by atoms with Gasteiger partial charge in [0.15, 0.2) is 12.3 Å². The molecule has 6 heteroatoms. The molecule has 1 N–H and O–H groups in total. The molecule has 1 heterocycles. The van der Waals surface area contributed by atoms with Gasteiger partial charge in [0.05, 0.1) is 7.11 Å². The molecule has 0 bridgehead atoms. The topological polar surface area (TPSA) is 55.8 Å². The highest BCUT2D eigenvalue weighted by Crippen LogP contribution is 2.36. The number of methoxy groups -OCH3 is 1. The molecule has 0 aliphatic carbocycles. The Hall–Kier alpha value is -0.490. The standard InChI is InChI=1S/C7H10FO4S/c1-3-5(12-7(10)11-2)4(8)6(9)13-3/h3-6,9H,1H2,2H3/t3-,4+,5-,6?/m1/s1. The molecular formula is C7H10FO4S. The van der Waals surface area contributed by atoms with Crippen LogP contribution in [0.4, 0.5) is 9.18 Å². The van der Waals surface area contributed by atoms with Gasteiger partial charge in [-0.3, -0.25) is 0 Å². The smallest absolute Gasteiger partial charge is 0.438 e. The van der Waals surface area contributed by atoms with Gasteiger partial charge in [-0.2, -0.15) is 0 Å². The van der Waals surface area contributed by atoms with E-state index < -0.39 is 29.1 Å². The van der Waals surface area contributed by atoms with E-state index in [1.165, 1.54) is 0 Å². The van der Waals surface area contributed by atoms with E-state index in [0.29, 0.717) is 0 Å². The molecule has 0 aromatic heterocycles. The average Bonchev–Trinajstić information content (AvgIpc) is 2.32. The first kappa shape index (κ1) is 10.6. The summed E-state index contributed by atoms with van der Waals surface area (Å²) in [6, 6.07) is 0. The molecule has 1 rings (SSSR count). The molecule has 75 valence electrons. The van der Waals surface area contributed by atoms with Crippen molar-refractivity contribution in [2.24, 2.45) is 0 Å². The first-order chi connectivity index (χ1) is 6.06. The number of hydrogen-bond acceptors (Lipinski definition) is 5. The van der Waals surface area contributed by atoms with Crippen LogP contribution in [0.15, 0.2) is 0 Å². The Balaban J connectivity index is 2.53. The summed E-state index contributed by atoms with van der Waals surface area (Å²) in [5.74, 6) is 0. The second-order valence-corrected chi connectivity index (χ2v) is 3.91. The molecule has 0 aromatic rings. The minimum atomic E-state index is -1.61. The number of rotatable bonds is 1. The Bertz CT molecular complexity index is 201. The number of hydrogen-bond donors (Lipinski definition) is 1. The van der Waals surface area contributed by atoms with Crippen molar-refractivity contribution in [3.63, 3.8) is 0 Å². The van der Waals surface area contributed by atoms with Gasteiger partial charge in [0.2, 0.25) is 0 Å². The summed E-state index contributed by atoms with van der Waals surface area (Å²) < 4.78 is 21.9. The summed E-state index contributed by atoms with van der Waals surface area (Å²) in [5.41, 5.74) is -1.18. The second-order valence-electron chi connectivity index (χ2n) is 2.55. The number of carbonyl (C=O) groups excluding carboxylic acids is 1. The highest BCUT2D eigenvalue weighted by molar-refractivity contribution is 8.00. The summed E-state index contributed by atoms with van der Waals surface area (Å²) in [4.78, 5) is 10.6. The molecule has 1 aliphatic heterocycles. The molecule has 0 aromatic carbocycles. The number of thioether (sulfide) groups is 1. The van der Waals surface area contributed by atoms with Crippen LogP contribution in [0, 0.1) is 6.92 Å². The Labute approximate surface area is 79.4 Å². The van der Waals surface area contributed by atoms with E-state index in [1.807, 2.05) is 0 Å². The molecule has 13 heavy (non-hydrogen) atoms. The molecule has 1 radical (unpaired) electrons. The molecule has 4 atom stereocenters. The first-order valence-corrected chi connectivity index (χ1v) is 4.56. The van der Waals surface area contributed by atoms with Crippen molar-refractivity contribution in [2.75, 3.05) is 7.11 Å². The largest absolute Gasteiger partial charge is 0.508 e. The molecule has 0 saturated carbocycles. The van der Waals surface area contributed by atoms with Crippen LogP contribution < -0.4 is 0 Å². The monoisotopic (exact) mass is 209 g/mol. The van der Waals surface area contributed by atoms with Gasteiger partial charge in [-0.15, -0.1) is 11.8 Å². The van der Waals surface area contributed by atoms with E-state index >= 15 is 0 Å². The summed E-state index contributed by atoms with van der Waals surface area (Å²) in [7, 11) is 1.13. The SMILES string of the molecule is [CH2][C@H]1SC(O)[C@@H](F)[C@@H]1OC(=O)OC. The van der Waals surface area contributed by atoms with Crippen LogP contribution >= 0.6 is 11.8 Å². The second kappa shape index (κ2) is 4.15. The van der Waals surface area contributed by atoms with Crippen LogP contribution in [-0.4, -0.2) is 41.3 Å². The molecular weight excluding hydrogens is 199 g/mol. The molecule has 1 aliphatic rings. The molecule has 0 amide bonds.